The van der Waals surface area contributed by atoms with Gasteiger partial charge in [-0.15, -0.1) is 0 Å². The molecule has 1 aromatic heterocycles. The predicted octanol–water partition coefficient (Wildman–Crippen LogP) is -1.53. The van der Waals surface area contributed by atoms with E-state index in [4.69, 9.17) is 17.2 Å². The summed E-state index contributed by atoms with van der Waals surface area (Å²) in [4.78, 5) is 74.5. The van der Waals surface area contributed by atoms with E-state index >= 15 is 0 Å². The second-order valence-electron chi connectivity index (χ2n) is 11.0. The smallest absolute Gasteiger partial charge is 0.326 e. The molecule has 0 unspecified atom stereocenters. The molecule has 0 radical (unpaired) electrons. The molecule has 16 nitrogen and oxygen atoms in total. The highest BCUT2D eigenvalue weighted by atomic mass is 16.4. The van der Waals surface area contributed by atoms with E-state index in [0.717, 1.165) is 0 Å². The molecule has 0 fully saturated rings. The maximum absolute atomic E-state index is 13.4. The SMILES string of the molecule is CC[C@H](C)[C@H](NC(=O)[C@H](CC(C)C)NC(=O)[C@H](CCCN=C(N)N)NC(=O)[C@H](C)NC(=O)[C@@H](N)Cc1cnc[nH]1)C(=O)O. The highest BCUT2D eigenvalue weighted by molar-refractivity contribution is 5.95. The quantitative estimate of drug-likeness (QED) is 0.0496. The van der Waals surface area contributed by atoms with Crippen molar-refractivity contribution in [1.29, 1.82) is 0 Å². The number of guanidine groups is 1. The molecule has 6 atom stereocenters. The number of nitrogens with two attached hydrogens (primary N) is 3. The Labute approximate surface area is 251 Å². The maximum Gasteiger partial charge on any atom is 0.326 e. The number of carboxylic acids is 1. The minimum Gasteiger partial charge on any atom is -0.480 e. The first-order valence-electron chi connectivity index (χ1n) is 14.4. The predicted molar refractivity (Wildman–Crippen MR) is 160 cm³/mol. The van der Waals surface area contributed by atoms with Crippen molar-refractivity contribution in [2.24, 2.45) is 34.0 Å². The Kier molecular flexibility index (Phi) is 15.7. The zero-order valence-electron chi connectivity index (χ0n) is 25.6. The number of aromatic amines is 1. The van der Waals surface area contributed by atoms with Crippen molar-refractivity contribution in [2.45, 2.75) is 96.9 Å². The molecule has 0 aliphatic heterocycles. The lowest BCUT2D eigenvalue weighted by molar-refractivity contribution is -0.144. The van der Waals surface area contributed by atoms with Crippen molar-refractivity contribution in [2.75, 3.05) is 6.54 Å². The summed E-state index contributed by atoms with van der Waals surface area (Å²) in [7, 11) is 0. The number of nitrogens with zero attached hydrogens (tertiary/aromatic N) is 2. The summed E-state index contributed by atoms with van der Waals surface area (Å²) in [6.07, 6.45) is 4.32. The maximum atomic E-state index is 13.4. The van der Waals surface area contributed by atoms with Gasteiger partial charge in [-0.1, -0.05) is 34.1 Å². The molecule has 0 saturated carbocycles. The van der Waals surface area contributed by atoms with E-state index in [2.05, 4.69) is 36.2 Å². The third-order valence-electron chi connectivity index (χ3n) is 6.78. The number of amides is 4. The molecular weight excluding hydrogens is 560 g/mol. The topological polar surface area (TPSA) is 273 Å². The summed E-state index contributed by atoms with van der Waals surface area (Å²) in [6.45, 7) is 8.85. The van der Waals surface area contributed by atoms with Gasteiger partial charge in [-0.05, 0) is 38.0 Å². The van der Waals surface area contributed by atoms with Crippen LogP contribution in [-0.2, 0) is 30.4 Å². The van der Waals surface area contributed by atoms with Gasteiger partial charge in [-0.3, -0.25) is 24.2 Å². The van der Waals surface area contributed by atoms with Gasteiger partial charge in [0.2, 0.25) is 23.6 Å². The average molecular weight is 609 g/mol. The van der Waals surface area contributed by atoms with Crippen molar-refractivity contribution in [3.8, 4) is 0 Å². The summed E-state index contributed by atoms with van der Waals surface area (Å²) < 4.78 is 0. The molecule has 1 heterocycles. The third kappa shape index (κ3) is 13.5. The van der Waals surface area contributed by atoms with Gasteiger partial charge < -0.3 is 48.6 Å². The summed E-state index contributed by atoms with van der Waals surface area (Å²) in [5, 5.41) is 20.0. The minimum absolute atomic E-state index is 0.0287. The fourth-order valence-electron chi connectivity index (χ4n) is 4.09. The Bertz CT molecular complexity index is 1090. The van der Waals surface area contributed by atoms with Crippen LogP contribution in [-0.4, -0.2) is 87.4 Å². The Hall–Kier alpha value is -4.21. The number of hydrogen-bond acceptors (Lipinski definition) is 8. The summed E-state index contributed by atoms with van der Waals surface area (Å²) in [5.74, 6) is -4.22. The van der Waals surface area contributed by atoms with Crippen molar-refractivity contribution in [3.05, 3.63) is 18.2 Å². The molecule has 43 heavy (non-hydrogen) atoms. The van der Waals surface area contributed by atoms with Gasteiger partial charge in [0.1, 0.15) is 24.2 Å². The van der Waals surface area contributed by atoms with Crippen LogP contribution in [0.25, 0.3) is 0 Å². The third-order valence-corrected chi connectivity index (χ3v) is 6.78. The van der Waals surface area contributed by atoms with Crippen LogP contribution < -0.4 is 38.5 Å². The zero-order chi connectivity index (χ0) is 32.7. The molecule has 0 aromatic carbocycles. The lowest BCUT2D eigenvalue weighted by Crippen LogP contribution is -2.58. The molecule has 0 aliphatic rings. The Morgan fingerprint density at radius 2 is 1.58 bits per heavy atom. The van der Waals surface area contributed by atoms with Crippen LogP contribution in [0.1, 0.15) is 66.0 Å². The number of aromatic nitrogens is 2. The monoisotopic (exact) mass is 608 g/mol. The Morgan fingerprint density at radius 3 is 2.12 bits per heavy atom. The van der Waals surface area contributed by atoms with E-state index in [-0.39, 0.29) is 43.6 Å². The van der Waals surface area contributed by atoms with Gasteiger partial charge in [0.15, 0.2) is 5.96 Å². The Balaban J connectivity index is 3.02. The number of carbonyl (C=O) groups is 5. The van der Waals surface area contributed by atoms with Gasteiger partial charge in [0, 0.05) is 24.9 Å². The van der Waals surface area contributed by atoms with Crippen molar-refractivity contribution in [3.63, 3.8) is 0 Å². The summed E-state index contributed by atoms with van der Waals surface area (Å²) in [5.41, 5.74) is 17.4. The molecule has 0 bridgehead atoms. The lowest BCUT2D eigenvalue weighted by Gasteiger charge is -2.27. The first kappa shape index (κ1) is 36.8. The van der Waals surface area contributed by atoms with E-state index in [9.17, 15) is 29.1 Å². The molecule has 1 rings (SSSR count). The molecular formula is C27H48N10O6. The molecule has 242 valence electrons. The standard InChI is InChI=1S/C27H48N10O6/c1-6-15(4)21(26(42)43)37-25(41)20(10-14(2)3)36-24(40)19(8-7-9-32-27(29)30)35-22(38)16(5)34-23(39)18(28)11-17-12-31-13-33-17/h12-16,18-21H,6-11,28H2,1-5H3,(H,31,33)(H,34,39)(H,35,38)(H,36,40)(H,37,41)(H,42,43)(H4,29,30,32)/t15-,16-,18-,19-,20-,21-/m0/s1. The van der Waals surface area contributed by atoms with Crippen LogP contribution >= 0.6 is 0 Å². The number of hydrogen-bond donors (Lipinski definition) is 9. The highest BCUT2D eigenvalue weighted by Gasteiger charge is 2.32. The van der Waals surface area contributed by atoms with E-state index in [1.54, 1.807) is 6.92 Å². The minimum atomic E-state index is -1.18. The van der Waals surface area contributed by atoms with Crippen LogP contribution in [0.3, 0.4) is 0 Å². The van der Waals surface area contributed by atoms with E-state index < -0.39 is 59.8 Å². The lowest BCUT2D eigenvalue weighted by atomic mass is 9.97. The number of nitrogens with one attached hydrogen (secondary N) is 5. The van der Waals surface area contributed by atoms with Gasteiger partial charge in [-0.2, -0.15) is 0 Å². The molecule has 16 heteroatoms. The number of rotatable bonds is 19. The van der Waals surface area contributed by atoms with Crippen LogP contribution in [0.2, 0.25) is 0 Å². The normalized spacial score (nSPS) is 15.2. The number of carboxylic acid groups (broad SMARTS) is 1. The largest absolute Gasteiger partial charge is 0.480 e. The van der Waals surface area contributed by atoms with E-state index in [1.165, 1.54) is 19.4 Å². The molecule has 4 amide bonds. The number of imidazole rings is 1. The molecule has 0 spiro atoms. The van der Waals surface area contributed by atoms with Crippen molar-refractivity contribution >= 4 is 35.6 Å². The van der Waals surface area contributed by atoms with Crippen LogP contribution in [0, 0.1) is 11.8 Å². The van der Waals surface area contributed by atoms with Gasteiger partial charge in [-0.25, -0.2) is 9.78 Å². The Morgan fingerprint density at radius 1 is 0.953 bits per heavy atom. The van der Waals surface area contributed by atoms with Gasteiger partial charge >= 0.3 is 5.97 Å². The molecule has 0 saturated heterocycles. The molecule has 1 aromatic rings. The fraction of sp³-hybridized carbons (Fsp3) is 0.667. The zero-order valence-corrected chi connectivity index (χ0v) is 25.6. The number of H-pyrrole nitrogens is 1. The summed E-state index contributed by atoms with van der Waals surface area (Å²) in [6, 6.07) is -5.31. The molecule has 12 N–H and O–H groups in total. The van der Waals surface area contributed by atoms with Crippen molar-refractivity contribution < 1.29 is 29.1 Å². The average Bonchev–Trinajstić information content (AvgIpc) is 3.44. The molecule has 0 aliphatic carbocycles. The van der Waals surface area contributed by atoms with E-state index in [0.29, 0.717) is 18.5 Å². The number of aliphatic imine (C=N–C) groups is 1. The first-order valence-corrected chi connectivity index (χ1v) is 14.4. The van der Waals surface area contributed by atoms with Crippen molar-refractivity contribution in [1.82, 2.24) is 31.2 Å². The number of carbonyl (C=O) groups excluding carboxylic acids is 4. The van der Waals surface area contributed by atoms with E-state index in [1.807, 2.05) is 20.8 Å². The second-order valence-corrected chi connectivity index (χ2v) is 11.0. The highest BCUT2D eigenvalue weighted by Crippen LogP contribution is 2.11. The van der Waals surface area contributed by atoms with Crippen LogP contribution in [0.15, 0.2) is 17.5 Å². The van der Waals surface area contributed by atoms with Gasteiger partial charge in [0.25, 0.3) is 0 Å². The first-order chi connectivity index (χ1) is 20.2. The second kappa shape index (κ2) is 18.4. The van der Waals surface area contributed by atoms with Crippen LogP contribution in [0.5, 0.6) is 0 Å². The van der Waals surface area contributed by atoms with Crippen LogP contribution in [0.4, 0.5) is 0 Å². The van der Waals surface area contributed by atoms with Gasteiger partial charge in [0.05, 0.1) is 12.4 Å². The summed E-state index contributed by atoms with van der Waals surface area (Å²) >= 11 is 0. The fourth-order valence-corrected chi connectivity index (χ4v) is 4.09. The number of aliphatic carboxylic acids is 1.